The highest BCUT2D eigenvalue weighted by Gasteiger charge is 2.24. The van der Waals surface area contributed by atoms with Crippen molar-refractivity contribution in [2.75, 3.05) is 20.1 Å². The number of hydrogen-bond donors (Lipinski definition) is 1. The standard InChI is InChI=1S/C8H16N2O2.C2H6/c1-6-4-10(8(11)9-3)5-7(2)12-6;1-2/h6-7H,4-5H2,1-3H3,(H,9,11);1-2H3. The summed E-state index contributed by atoms with van der Waals surface area (Å²) in [6, 6.07) is -0.0167. The van der Waals surface area contributed by atoms with Crippen molar-refractivity contribution in [3.8, 4) is 0 Å². The van der Waals surface area contributed by atoms with Gasteiger partial charge in [0.15, 0.2) is 0 Å². The highest BCUT2D eigenvalue weighted by atomic mass is 16.5. The molecule has 4 nitrogen and oxygen atoms in total. The van der Waals surface area contributed by atoms with Gasteiger partial charge in [-0.3, -0.25) is 0 Å². The highest BCUT2D eigenvalue weighted by molar-refractivity contribution is 5.73. The Morgan fingerprint density at radius 1 is 1.29 bits per heavy atom. The Hall–Kier alpha value is -0.770. The summed E-state index contributed by atoms with van der Waals surface area (Å²) in [4.78, 5) is 13.0. The maximum absolute atomic E-state index is 11.2. The third kappa shape index (κ3) is 3.96. The van der Waals surface area contributed by atoms with Gasteiger partial charge in [-0.05, 0) is 13.8 Å². The molecule has 0 aromatic heterocycles. The van der Waals surface area contributed by atoms with E-state index in [-0.39, 0.29) is 18.2 Å². The number of carbonyl (C=O) groups excluding carboxylic acids is 1. The van der Waals surface area contributed by atoms with Crippen LogP contribution in [-0.4, -0.2) is 43.3 Å². The van der Waals surface area contributed by atoms with Crippen molar-refractivity contribution in [3.05, 3.63) is 0 Å². The van der Waals surface area contributed by atoms with Gasteiger partial charge in [0, 0.05) is 20.1 Å². The van der Waals surface area contributed by atoms with E-state index < -0.39 is 0 Å². The van der Waals surface area contributed by atoms with Crippen molar-refractivity contribution in [1.29, 1.82) is 0 Å². The zero-order chi connectivity index (χ0) is 11.1. The smallest absolute Gasteiger partial charge is 0.317 e. The molecule has 1 aliphatic heterocycles. The van der Waals surface area contributed by atoms with Gasteiger partial charge in [0.25, 0.3) is 0 Å². The lowest BCUT2D eigenvalue weighted by molar-refractivity contribution is -0.0543. The number of hydrogen-bond acceptors (Lipinski definition) is 2. The number of rotatable bonds is 0. The molecule has 2 amide bonds. The molecule has 0 bridgehead atoms. The van der Waals surface area contributed by atoms with Gasteiger partial charge in [-0.2, -0.15) is 0 Å². The Morgan fingerprint density at radius 2 is 1.71 bits per heavy atom. The first kappa shape index (κ1) is 13.2. The third-order valence-corrected chi connectivity index (χ3v) is 1.92. The molecule has 1 heterocycles. The van der Waals surface area contributed by atoms with Crippen molar-refractivity contribution >= 4 is 6.03 Å². The monoisotopic (exact) mass is 202 g/mol. The summed E-state index contributed by atoms with van der Waals surface area (Å²) < 4.78 is 5.49. The first-order chi connectivity index (χ1) is 6.63. The van der Waals surface area contributed by atoms with Crippen LogP contribution < -0.4 is 5.32 Å². The lowest BCUT2D eigenvalue weighted by Gasteiger charge is -2.34. The topological polar surface area (TPSA) is 41.6 Å². The fourth-order valence-electron chi connectivity index (χ4n) is 1.50. The van der Waals surface area contributed by atoms with E-state index in [1.807, 2.05) is 27.7 Å². The van der Waals surface area contributed by atoms with Crippen LogP contribution >= 0.6 is 0 Å². The number of morpholine rings is 1. The molecule has 1 fully saturated rings. The second-order valence-electron chi connectivity index (χ2n) is 3.22. The Morgan fingerprint density at radius 3 is 2.07 bits per heavy atom. The summed E-state index contributed by atoms with van der Waals surface area (Å²) in [5.41, 5.74) is 0. The number of nitrogens with zero attached hydrogens (tertiary/aromatic N) is 1. The summed E-state index contributed by atoms with van der Waals surface area (Å²) in [5.74, 6) is 0. The molecule has 84 valence electrons. The first-order valence-electron chi connectivity index (χ1n) is 5.25. The summed E-state index contributed by atoms with van der Waals surface area (Å²) in [7, 11) is 1.65. The molecule has 4 heteroatoms. The van der Waals surface area contributed by atoms with Gasteiger partial charge < -0.3 is 15.0 Å². The molecule has 0 aromatic carbocycles. The normalized spacial score (nSPS) is 26.2. The van der Waals surface area contributed by atoms with Crippen LogP contribution in [0, 0.1) is 0 Å². The van der Waals surface area contributed by atoms with Gasteiger partial charge in [0.2, 0.25) is 0 Å². The van der Waals surface area contributed by atoms with Crippen LogP contribution in [0.15, 0.2) is 0 Å². The van der Waals surface area contributed by atoms with E-state index in [2.05, 4.69) is 5.32 Å². The molecule has 1 saturated heterocycles. The largest absolute Gasteiger partial charge is 0.372 e. The highest BCUT2D eigenvalue weighted by Crippen LogP contribution is 2.09. The van der Waals surface area contributed by atoms with Crippen LogP contribution in [0.3, 0.4) is 0 Å². The molecular weight excluding hydrogens is 180 g/mol. The molecule has 2 unspecified atom stereocenters. The number of carbonyl (C=O) groups is 1. The summed E-state index contributed by atoms with van der Waals surface area (Å²) >= 11 is 0. The fourth-order valence-corrected chi connectivity index (χ4v) is 1.50. The van der Waals surface area contributed by atoms with Gasteiger partial charge in [-0.15, -0.1) is 0 Å². The lowest BCUT2D eigenvalue weighted by Crippen LogP contribution is -2.50. The van der Waals surface area contributed by atoms with Crippen molar-refractivity contribution in [2.24, 2.45) is 0 Å². The Balaban J connectivity index is 0.000000791. The Labute approximate surface area is 86.6 Å². The van der Waals surface area contributed by atoms with Crippen LogP contribution in [0.2, 0.25) is 0 Å². The van der Waals surface area contributed by atoms with Crippen LogP contribution in [-0.2, 0) is 4.74 Å². The Kier molecular flexibility index (Phi) is 6.28. The van der Waals surface area contributed by atoms with E-state index in [0.29, 0.717) is 13.1 Å². The van der Waals surface area contributed by atoms with Gasteiger partial charge in [0.05, 0.1) is 12.2 Å². The lowest BCUT2D eigenvalue weighted by atomic mass is 10.2. The molecule has 14 heavy (non-hydrogen) atoms. The minimum Gasteiger partial charge on any atom is -0.372 e. The molecule has 0 saturated carbocycles. The van der Waals surface area contributed by atoms with E-state index in [1.165, 1.54) is 0 Å². The average molecular weight is 202 g/mol. The number of amides is 2. The second-order valence-corrected chi connectivity index (χ2v) is 3.22. The molecule has 1 aliphatic rings. The molecular formula is C10H22N2O2. The minimum absolute atomic E-state index is 0.0167. The molecule has 0 spiro atoms. The minimum atomic E-state index is -0.0167. The molecule has 1 rings (SSSR count). The van der Waals surface area contributed by atoms with Crippen molar-refractivity contribution in [2.45, 2.75) is 39.9 Å². The third-order valence-electron chi connectivity index (χ3n) is 1.92. The molecule has 1 N–H and O–H groups in total. The zero-order valence-corrected chi connectivity index (χ0v) is 9.83. The number of ether oxygens (including phenoxy) is 1. The van der Waals surface area contributed by atoms with Crippen molar-refractivity contribution < 1.29 is 9.53 Å². The summed E-state index contributed by atoms with van der Waals surface area (Å²) in [5, 5.41) is 2.61. The quantitative estimate of drug-likeness (QED) is 0.646. The average Bonchev–Trinajstić information content (AvgIpc) is 2.18. The maximum Gasteiger partial charge on any atom is 0.317 e. The van der Waals surface area contributed by atoms with E-state index in [9.17, 15) is 4.79 Å². The fraction of sp³-hybridized carbons (Fsp3) is 0.900. The van der Waals surface area contributed by atoms with E-state index in [0.717, 1.165) is 0 Å². The van der Waals surface area contributed by atoms with Gasteiger partial charge >= 0.3 is 6.03 Å². The van der Waals surface area contributed by atoms with E-state index in [4.69, 9.17) is 4.74 Å². The van der Waals surface area contributed by atoms with Crippen molar-refractivity contribution in [3.63, 3.8) is 0 Å². The predicted octanol–water partition coefficient (Wildman–Crippen LogP) is 1.46. The molecule has 2 atom stereocenters. The summed E-state index contributed by atoms with van der Waals surface area (Å²) in [6.07, 6.45) is 0.289. The molecule has 0 aliphatic carbocycles. The Bertz CT molecular complexity index is 164. The maximum atomic E-state index is 11.2. The van der Waals surface area contributed by atoms with Gasteiger partial charge in [-0.25, -0.2) is 4.79 Å². The SMILES string of the molecule is CC.CNC(=O)N1CC(C)OC(C)C1. The second kappa shape index (κ2) is 6.65. The van der Waals surface area contributed by atoms with E-state index >= 15 is 0 Å². The zero-order valence-electron chi connectivity index (χ0n) is 9.83. The van der Waals surface area contributed by atoms with Crippen LogP contribution in [0.1, 0.15) is 27.7 Å². The first-order valence-corrected chi connectivity index (χ1v) is 5.25. The molecule has 0 aromatic rings. The molecule has 0 radical (unpaired) electrons. The summed E-state index contributed by atoms with van der Waals surface area (Å²) in [6.45, 7) is 9.32. The van der Waals surface area contributed by atoms with Gasteiger partial charge in [0.1, 0.15) is 0 Å². The number of nitrogens with one attached hydrogen (secondary N) is 1. The van der Waals surface area contributed by atoms with Crippen LogP contribution in [0.25, 0.3) is 0 Å². The van der Waals surface area contributed by atoms with Gasteiger partial charge in [-0.1, -0.05) is 13.8 Å². The predicted molar refractivity (Wildman–Crippen MR) is 57.4 cm³/mol. The van der Waals surface area contributed by atoms with Crippen LogP contribution in [0.5, 0.6) is 0 Å². The van der Waals surface area contributed by atoms with Crippen LogP contribution in [0.4, 0.5) is 4.79 Å². The van der Waals surface area contributed by atoms with E-state index in [1.54, 1.807) is 11.9 Å². The number of urea groups is 1. The van der Waals surface area contributed by atoms with Crippen molar-refractivity contribution in [1.82, 2.24) is 10.2 Å².